The molecule has 1 atom stereocenters. The summed E-state index contributed by atoms with van der Waals surface area (Å²) in [5, 5.41) is 11.5. The number of nitrogens with zero attached hydrogens (tertiary/aromatic N) is 2. The van der Waals surface area contributed by atoms with Gasteiger partial charge in [-0.05, 0) is 56.0 Å². The molecule has 1 N–H and O–H groups in total. The number of likely N-dealkylation sites (tertiary alicyclic amines) is 1. The fraction of sp³-hybridized carbons (Fsp3) is 0.375. The zero-order valence-electron chi connectivity index (χ0n) is 16.1. The van der Waals surface area contributed by atoms with Gasteiger partial charge in [-0.25, -0.2) is 0 Å². The van der Waals surface area contributed by atoms with Crippen LogP contribution in [0.25, 0.3) is 10.9 Å². The Morgan fingerprint density at radius 3 is 2.70 bits per heavy atom. The molecule has 1 aliphatic heterocycles. The average molecular weight is 361 g/mol. The van der Waals surface area contributed by atoms with Crippen LogP contribution < -0.4 is 0 Å². The number of aryl methyl sites for hydroxylation is 1. The van der Waals surface area contributed by atoms with Gasteiger partial charge in [0.05, 0.1) is 17.8 Å². The van der Waals surface area contributed by atoms with Crippen molar-refractivity contribution in [1.82, 2.24) is 9.88 Å². The molecule has 0 radical (unpaired) electrons. The molecule has 1 unspecified atom stereocenters. The molecule has 2 aromatic carbocycles. The van der Waals surface area contributed by atoms with E-state index in [0.717, 1.165) is 50.1 Å². The number of benzene rings is 2. The molecule has 1 aromatic heterocycles. The number of aromatic nitrogens is 1. The van der Waals surface area contributed by atoms with Crippen molar-refractivity contribution in [3.05, 3.63) is 77.5 Å². The topological polar surface area (TPSA) is 36.4 Å². The van der Waals surface area contributed by atoms with Crippen LogP contribution in [0.2, 0.25) is 0 Å². The SMILES string of the molecule is Cc1ccccc1CC1(CO)CCCN(Cc2ccc3ccccc3n2)C1. The van der Waals surface area contributed by atoms with E-state index in [2.05, 4.69) is 66.4 Å². The third kappa shape index (κ3) is 4.05. The van der Waals surface area contributed by atoms with E-state index in [0.29, 0.717) is 0 Å². The Hall–Kier alpha value is -2.23. The fourth-order valence-electron chi connectivity index (χ4n) is 4.41. The highest BCUT2D eigenvalue weighted by Gasteiger charge is 2.35. The predicted octanol–water partition coefficient (Wildman–Crippen LogP) is 4.36. The van der Waals surface area contributed by atoms with E-state index in [1.807, 2.05) is 6.07 Å². The third-order valence-corrected chi connectivity index (χ3v) is 5.94. The molecule has 4 rings (SSSR count). The van der Waals surface area contributed by atoms with E-state index in [9.17, 15) is 5.11 Å². The molecule has 2 heterocycles. The van der Waals surface area contributed by atoms with Gasteiger partial charge in [0.25, 0.3) is 0 Å². The van der Waals surface area contributed by atoms with Crippen LogP contribution in [-0.4, -0.2) is 34.7 Å². The highest BCUT2D eigenvalue weighted by molar-refractivity contribution is 5.78. The van der Waals surface area contributed by atoms with E-state index in [1.54, 1.807) is 0 Å². The summed E-state index contributed by atoms with van der Waals surface area (Å²) in [4.78, 5) is 7.30. The fourth-order valence-corrected chi connectivity index (χ4v) is 4.41. The number of piperidine rings is 1. The average Bonchev–Trinajstić information content (AvgIpc) is 2.70. The second-order valence-electron chi connectivity index (χ2n) is 8.07. The first-order chi connectivity index (χ1) is 13.2. The van der Waals surface area contributed by atoms with E-state index in [4.69, 9.17) is 4.98 Å². The minimum atomic E-state index is -0.0544. The van der Waals surface area contributed by atoms with Gasteiger partial charge in [-0.3, -0.25) is 9.88 Å². The molecule has 1 fully saturated rings. The van der Waals surface area contributed by atoms with E-state index < -0.39 is 0 Å². The standard InChI is InChI=1S/C24H28N2O/c1-19-7-2-3-9-21(19)15-24(18-27)13-6-14-26(17-24)16-22-12-11-20-8-4-5-10-23(20)25-22/h2-5,7-12,27H,6,13-18H2,1H3. The van der Waals surface area contributed by atoms with Crippen molar-refractivity contribution in [3.63, 3.8) is 0 Å². The van der Waals surface area contributed by atoms with Crippen LogP contribution in [0, 0.1) is 12.3 Å². The Kier molecular flexibility index (Phi) is 5.24. The van der Waals surface area contributed by atoms with Gasteiger partial charge in [0.2, 0.25) is 0 Å². The number of aliphatic hydroxyl groups is 1. The van der Waals surface area contributed by atoms with Crippen LogP contribution in [-0.2, 0) is 13.0 Å². The lowest BCUT2D eigenvalue weighted by Gasteiger charge is -2.42. The first kappa shape index (κ1) is 18.1. The number of fused-ring (bicyclic) bond motifs is 1. The van der Waals surface area contributed by atoms with Gasteiger partial charge in [0, 0.05) is 23.9 Å². The summed E-state index contributed by atoms with van der Waals surface area (Å²) in [6.45, 7) is 5.25. The van der Waals surface area contributed by atoms with Crippen molar-refractivity contribution in [1.29, 1.82) is 0 Å². The monoisotopic (exact) mass is 360 g/mol. The molecular formula is C24H28N2O. The molecular weight excluding hydrogens is 332 g/mol. The van der Waals surface area contributed by atoms with E-state index in [-0.39, 0.29) is 12.0 Å². The van der Waals surface area contributed by atoms with Crippen LogP contribution >= 0.6 is 0 Å². The second-order valence-corrected chi connectivity index (χ2v) is 8.07. The summed E-state index contributed by atoms with van der Waals surface area (Å²) in [5.74, 6) is 0. The van der Waals surface area contributed by atoms with Crippen molar-refractivity contribution in [2.24, 2.45) is 5.41 Å². The molecule has 140 valence electrons. The minimum absolute atomic E-state index is 0.0544. The number of pyridine rings is 1. The zero-order chi connectivity index (χ0) is 18.7. The van der Waals surface area contributed by atoms with Crippen molar-refractivity contribution >= 4 is 10.9 Å². The quantitative estimate of drug-likeness (QED) is 0.734. The molecule has 27 heavy (non-hydrogen) atoms. The van der Waals surface area contributed by atoms with Gasteiger partial charge in [0.1, 0.15) is 0 Å². The number of rotatable bonds is 5. The molecule has 0 saturated carbocycles. The van der Waals surface area contributed by atoms with Crippen LogP contribution in [0.1, 0.15) is 29.7 Å². The normalized spacial score (nSPS) is 20.8. The molecule has 3 heteroatoms. The van der Waals surface area contributed by atoms with Gasteiger partial charge >= 0.3 is 0 Å². The number of aliphatic hydroxyl groups excluding tert-OH is 1. The molecule has 0 spiro atoms. The van der Waals surface area contributed by atoms with E-state index in [1.165, 1.54) is 16.5 Å². The Morgan fingerprint density at radius 1 is 1.04 bits per heavy atom. The highest BCUT2D eigenvalue weighted by atomic mass is 16.3. The Morgan fingerprint density at radius 2 is 1.85 bits per heavy atom. The summed E-state index contributed by atoms with van der Waals surface area (Å²) in [5.41, 5.74) is 4.79. The first-order valence-corrected chi connectivity index (χ1v) is 9.90. The van der Waals surface area contributed by atoms with Crippen LogP contribution in [0.3, 0.4) is 0 Å². The van der Waals surface area contributed by atoms with Gasteiger partial charge in [-0.15, -0.1) is 0 Å². The van der Waals surface area contributed by atoms with Crippen LogP contribution in [0.5, 0.6) is 0 Å². The largest absolute Gasteiger partial charge is 0.396 e. The summed E-state index contributed by atoms with van der Waals surface area (Å²) >= 11 is 0. The molecule has 3 aromatic rings. The molecule has 1 saturated heterocycles. The minimum Gasteiger partial charge on any atom is -0.396 e. The maximum atomic E-state index is 10.3. The highest BCUT2D eigenvalue weighted by Crippen LogP contribution is 2.34. The molecule has 0 amide bonds. The Bertz CT molecular complexity index is 923. The predicted molar refractivity (Wildman–Crippen MR) is 111 cm³/mol. The second kappa shape index (κ2) is 7.79. The molecule has 1 aliphatic rings. The molecule has 0 bridgehead atoms. The number of para-hydroxylation sites is 1. The lowest BCUT2D eigenvalue weighted by molar-refractivity contribution is 0.0283. The Balaban J connectivity index is 1.51. The van der Waals surface area contributed by atoms with Crippen molar-refractivity contribution in [3.8, 4) is 0 Å². The van der Waals surface area contributed by atoms with Gasteiger partial charge in [-0.2, -0.15) is 0 Å². The Labute approximate surface area is 161 Å². The maximum absolute atomic E-state index is 10.3. The van der Waals surface area contributed by atoms with Gasteiger partial charge in [-0.1, -0.05) is 48.5 Å². The maximum Gasteiger partial charge on any atom is 0.0705 e. The smallest absolute Gasteiger partial charge is 0.0705 e. The zero-order valence-corrected chi connectivity index (χ0v) is 16.1. The summed E-state index contributed by atoms with van der Waals surface area (Å²) in [7, 11) is 0. The molecule has 0 aliphatic carbocycles. The first-order valence-electron chi connectivity index (χ1n) is 9.90. The summed E-state index contributed by atoms with van der Waals surface area (Å²) in [6, 6.07) is 21.1. The summed E-state index contributed by atoms with van der Waals surface area (Å²) < 4.78 is 0. The number of hydrogen-bond donors (Lipinski definition) is 1. The number of hydrogen-bond acceptors (Lipinski definition) is 3. The lowest BCUT2D eigenvalue weighted by Crippen LogP contribution is -2.46. The van der Waals surface area contributed by atoms with Crippen molar-refractivity contribution in [2.45, 2.75) is 32.7 Å². The van der Waals surface area contributed by atoms with Crippen molar-refractivity contribution < 1.29 is 5.11 Å². The third-order valence-electron chi connectivity index (χ3n) is 5.94. The van der Waals surface area contributed by atoms with Gasteiger partial charge in [0.15, 0.2) is 0 Å². The molecule has 3 nitrogen and oxygen atoms in total. The lowest BCUT2D eigenvalue weighted by atomic mass is 9.75. The van der Waals surface area contributed by atoms with Gasteiger partial charge < -0.3 is 5.11 Å². The van der Waals surface area contributed by atoms with Crippen molar-refractivity contribution in [2.75, 3.05) is 19.7 Å². The summed E-state index contributed by atoms with van der Waals surface area (Å²) in [6.07, 6.45) is 3.15. The van der Waals surface area contributed by atoms with Crippen LogP contribution in [0.15, 0.2) is 60.7 Å². The van der Waals surface area contributed by atoms with E-state index >= 15 is 0 Å². The van der Waals surface area contributed by atoms with Crippen LogP contribution in [0.4, 0.5) is 0 Å².